The number of aliphatic hydroxyl groups is 1. The van der Waals surface area contributed by atoms with Crippen molar-refractivity contribution in [3.63, 3.8) is 0 Å². The number of ether oxygens (including phenoxy) is 2. The maximum Gasteiger partial charge on any atom is 0.300 e. The zero-order valence-electron chi connectivity index (χ0n) is 17.4. The Balaban J connectivity index is 2.00. The van der Waals surface area contributed by atoms with Crippen LogP contribution in [0.5, 0.6) is 11.5 Å². The zero-order chi connectivity index (χ0) is 22.8. The van der Waals surface area contributed by atoms with Crippen LogP contribution in [0.2, 0.25) is 0 Å². The summed E-state index contributed by atoms with van der Waals surface area (Å²) in [6.45, 7) is 0. The Morgan fingerprint density at radius 1 is 0.938 bits per heavy atom. The number of rotatable bonds is 5. The molecule has 1 saturated heterocycles. The molecule has 1 unspecified atom stereocenters. The van der Waals surface area contributed by atoms with E-state index in [-0.39, 0.29) is 11.3 Å². The smallest absolute Gasteiger partial charge is 0.300 e. The van der Waals surface area contributed by atoms with Crippen LogP contribution in [-0.2, 0) is 9.59 Å². The molecule has 0 saturated carbocycles. The molecule has 0 aliphatic carbocycles. The third-order valence-electron chi connectivity index (χ3n) is 5.31. The van der Waals surface area contributed by atoms with Gasteiger partial charge in [0.25, 0.3) is 11.7 Å². The summed E-state index contributed by atoms with van der Waals surface area (Å²) in [6.07, 6.45) is 0. The third-order valence-corrected chi connectivity index (χ3v) is 5.81. The molecule has 6 nitrogen and oxygen atoms in total. The van der Waals surface area contributed by atoms with Gasteiger partial charge in [0.1, 0.15) is 17.3 Å². The lowest BCUT2D eigenvalue weighted by atomic mass is 9.94. The largest absolute Gasteiger partial charge is 0.507 e. The molecule has 1 aliphatic heterocycles. The number of halogens is 1. The number of methoxy groups -OCH3 is 2. The van der Waals surface area contributed by atoms with Crippen molar-refractivity contribution in [1.29, 1.82) is 0 Å². The first kappa shape index (κ1) is 21.6. The third kappa shape index (κ3) is 3.76. The number of carbonyl (C=O) groups excluding carboxylic acids is 2. The molecule has 1 atom stereocenters. The predicted molar refractivity (Wildman–Crippen MR) is 125 cm³/mol. The van der Waals surface area contributed by atoms with E-state index >= 15 is 0 Å². The van der Waals surface area contributed by atoms with Crippen LogP contribution in [0.3, 0.4) is 0 Å². The molecule has 0 aromatic heterocycles. The first-order valence-corrected chi connectivity index (χ1v) is 10.6. The fourth-order valence-corrected chi connectivity index (χ4v) is 4.20. The number of carbonyl (C=O) groups is 2. The van der Waals surface area contributed by atoms with Crippen LogP contribution in [0.4, 0.5) is 5.69 Å². The molecule has 4 rings (SSSR count). The lowest BCUT2D eigenvalue weighted by Gasteiger charge is -2.27. The highest BCUT2D eigenvalue weighted by Gasteiger charge is 2.48. The predicted octanol–water partition coefficient (Wildman–Crippen LogP) is 5.09. The molecule has 1 N–H and O–H groups in total. The molecular formula is C25H20BrNO5. The molecule has 1 aliphatic rings. The quantitative estimate of drug-likeness (QED) is 0.304. The molecule has 7 heteroatoms. The number of nitrogens with zero attached hydrogens (tertiary/aromatic N) is 1. The molecule has 0 bridgehead atoms. The molecule has 1 fully saturated rings. The SMILES string of the molecule is COc1ccc(C2/C(=C(/O)c3ccccc3)C(=O)C(=O)N2c2cccc(Br)c2)c(OC)c1. The summed E-state index contributed by atoms with van der Waals surface area (Å²) < 4.78 is 11.6. The van der Waals surface area contributed by atoms with Crippen molar-refractivity contribution < 1.29 is 24.2 Å². The van der Waals surface area contributed by atoms with E-state index in [0.717, 1.165) is 4.47 Å². The van der Waals surface area contributed by atoms with Gasteiger partial charge in [-0.05, 0) is 30.3 Å². The van der Waals surface area contributed by atoms with Gasteiger partial charge in [0.15, 0.2) is 0 Å². The van der Waals surface area contributed by atoms with Crippen molar-refractivity contribution >= 4 is 39.1 Å². The standard InChI is InChI=1S/C25H20BrNO5/c1-31-18-11-12-19(20(14-18)32-2)22-21(23(28)15-7-4-3-5-8-15)24(29)25(30)27(22)17-10-6-9-16(26)13-17/h3-14,22,28H,1-2H3/b23-21-. The Morgan fingerprint density at radius 2 is 1.69 bits per heavy atom. The van der Waals surface area contributed by atoms with Gasteiger partial charge in [-0.1, -0.05) is 52.3 Å². The summed E-state index contributed by atoms with van der Waals surface area (Å²) in [5, 5.41) is 11.1. The lowest BCUT2D eigenvalue weighted by Crippen LogP contribution is -2.29. The van der Waals surface area contributed by atoms with Crippen molar-refractivity contribution in [1.82, 2.24) is 0 Å². The number of Topliss-reactive ketones (excluding diaryl/α,β-unsaturated/α-hetero) is 1. The Kier molecular flexibility index (Phi) is 6.01. The molecule has 162 valence electrons. The minimum atomic E-state index is -0.898. The second-order valence-electron chi connectivity index (χ2n) is 7.12. The molecular weight excluding hydrogens is 474 g/mol. The van der Waals surface area contributed by atoms with E-state index in [0.29, 0.717) is 28.3 Å². The zero-order valence-corrected chi connectivity index (χ0v) is 19.0. The minimum absolute atomic E-state index is 0.00959. The van der Waals surface area contributed by atoms with Gasteiger partial charge in [-0.2, -0.15) is 0 Å². The highest BCUT2D eigenvalue weighted by molar-refractivity contribution is 9.10. The van der Waals surface area contributed by atoms with Gasteiger partial charge in [-0.3, -0.25) is 14.5 Å². The second kappa shape index (κ2) is 8.88. The lowest BCUT2D eigenvalue weighted by molar-refractivity contribution is -0.132. The molecule has 32 heavy (non-hydrogen) atoms. The van der Waals surface area contributed by atoms with Crippen molar-refractivity contribution in [3.8, 4) is 11.5 Å². The first-order valence-electron chi connectivity index (χ1n) is 9.80. The number of amides is 1. The van der Waals surface area contributed by atoms with Crippen molar-refractivity contribution in [2.45, 2.75) is 6.04 Å². The topological polar surface area (TPSA) is 76.1 Å². The number of hydrogen-bond donors (Lipinski definition) is 1. The Morgan fingerprint density at radius 3 is 2.34 bits per heavy atom. The Hall–Kier alpha value is -3.58. The summed E-state index contributed by atoms with van der Waals surface area (Å²) in [5.74, 6) is -0.759. The number of benzene rings is 3. The molecule has 0 spiro atoms. The summed E-state index contributed by atoms with van der Waals surface area (Å²) in [4.78, 5) is 27.8. The van der Waals surface area contributed by atoms with Crippen molar-refractivity contribution in [2.75, 3.05) is 19.1 Å². The average molecular weight is 494 g/mol. The maximum atomic E-state index is 13.2. The van der Waals surface area contributed by atoms with Gasteiger partial charge in [-0.25, -0.2) is 0 Å². The highest BCUT2D eigenvalue weighted by atomic mass is 79.9. The number of ketones is 1. The fraction of sp³-hybridized carbons (Fsp3) is 0.120. The molecule has 0 radical (unpaired) electrons. The van der Waals surface area contributed by atoms with E-state index in [1.807, 2.05) is 6.07 Å². The van der Waals surface area contributed by atoms with Crippen molar-refractivity contribution in [2.24, 2.45) is 0 Å². The second-order valence-corrected chi connectivity index (χ2v) is 8.04. The van der Waals surface area contributed by atoms with Gasteiger partial charge in [0.05, 0.1) is 25.8 Å². The molecule has 3 aromatic rings. The molecule has 3 aromatic carbocycles. The Labute approximate surface area is 193 Å². The van der Waals surface area contributed by atoms with Crippen LogP contribution in [0.15, 0.2) is 82.8 Å². The van der Waals surface area contributed by atoms with Gasteiger partial charge in [0, 0.05) is 27.4 Å². The fourth-order valence-electron chi connectivity index (χ4n) is 3.81. The number of hydrogen-bond acceptors (Lipinski definition) is 5. The normalized spacial score (nSPS) is 17.5. The van der Waals surface area contributed by atoms with Crippen LogP contribution < -0.4 is 14.4 Å². The van der Waals surface area contributed by atoms with Crippen LogP contribution in [0.1, 0.15) is 17.2 Å². The van der Waals surface area contributed by atoms with E-state index < -0.39 is 17.7 Å². The average Bonchev–Trinajstić information content (AvgIpc) is 3.08. The first-order chi connectivity index (χ1) is 15.5. The maximum absolute atomic E-state index is 13.2. The van der Waals surface area contributed by atoms with Gasteiger partial charge >= 0.3 is 0 Å². The highest BCUT2D eigenvalue weighted by Crippen LogP contribution is 2.45. The van der Waals surface area contributed by atoms with Crippen LogP contribution in [0.25, 0.3) is 5.76 Å². The van der Waals surface area contributed by atoms with Crippen molar-refractivity contribution in [3.05, 3.63) is 94.0 Å². The molecule has 1 heterocycles. The van der Waals surface area contributed by atoms with E-state index in [1.54, 1.807) is 66.7 Å². The minimum Gasteiger partial charge on any atom is -0.507 e. The van der Waals surface area contributed by atoms with Gasteiger partial charge < -0.3 is 14.6 Å². The van der Waals surface area contributed by atoms with Gasteiger partial charge in [-0.15, -0.1) is 0 Å². The summed E-state index contributed by atoms with van der Waals surface area (Å²) in [5.41, 5.74) is 1.49. The van der Waals surface area contributed by atoms with E-state index in [9.17, 15) is 14.7 Å². The van der Waals surface area contributed by atoms with Crippen LogP contribution in [0, 0.1) is 0 Å². The van der Waals surface area contributed by atoms with Crippen LogP contribution >= 0.6 is 15.9 Å². The number of anilines is 1. The summed E-state index contributed by atoms with van der Waals surface area (Å²) >= 11 is 3.42. The van der Waals surface area contributed by atoms with Gasteiger partial charge in [0.2, 0.25) is 0 Å². The van der Waals surface area contributed by atoms with Crippen LogP contribution in [-0.4, -0.2) is 31.0 Å². The van der Waals surface area contributed by atoms with E-state index in [2.05, 4.69) is 15.9 Å². The summed E-state index contributed by atoms with van der Waals surface area (Å²) in [7, 11) is 3.04. The molecule has 1 amide bonds. The van der Waals surface area contributed by atoms with E-state index in [1.165, 1.54) is 19.1 Å². The number of aliphatic hydroxyl groups excluding tert-OH is 1. The summed E-state index contributed by atoms with van der Waals surface area (Å²) in [6, 6.07) is 20.0. The monoisotopic (exact) mass is 493 g/mol. The van der Waals surface area contributed by atoms with E-state index in [4.69, 9.17) is 9.47 Å². The Bertz CT molecular complexity index is 1220.